The zero-order valence-electron chi connectivity index (χ0n) is 11.1. The van der Waals surface area contributed by atoms with Crippen LogP contribution in [0.2, 0.25) is 0 Å². The van der Waals surface area contributed by atoms with Crippen LogP contribution in [-0.4, -0.2) is 18.9 Å². The van der Waals surface area contributed by atoms with Crippen molar-refractivity contribution in [3.8, 4) is 24.7 Å². The minimum absolute atomic E-state index is 0.0601. The van der Waals surface area contributed by atoms with E-state index in [9.17, 15) is 9.59 Å². The second kappa shape index (κ2) is 9.31. The molecule has 0 aliphatic heterocycles. The van der Waals surface area contributed by atoms with E-state index >= 15 is 0 Å². The van der Waals surface area contributed by atoms with E-state index in [4.69, 9.17) is 12.8 Å². The molecule has 3 nitrogen and oxygen atoms in total. The Bertz CT molecular complexity index is 357. The van der Waals surface area contributed by atoms with Crippen LogP contribution in [0.5, 0.6) is 0 Å². The summed E-state index contributed by atoms with van der Waals surface area (Å²) in [7, 11) is 1.28. The van der Waals surface area contributed by atoms with Crippen molar-refractivity contribution in [2.24, 2.45) is 11.8 Å². The van der Waals surface area contributed by atoms with Gasteiger partial charge in [0.2, 0.25) is 0 Å². The molecule has 0 radical (unpaired) electrons. The van der Waals surface area contributed by atoms with Crippen LogP contribution in [0, 0.1) is 36.5 Å². The van der Waals surface area contributed by atoms with E-state index in [1.165, 1.54) is 14.0 Å². The van der Waals surface area contributed by atoms with Gasteiger partial charge < -0.3 is 4.74 Å². The standard InChI is InChI=1S/C15H20O3/c1-5-7-8-9-13(6-2)10-11-14(12(3)16)15(17)18-4/h1-2,13-14H,7-11H2,3-4H3. The van der Waals surface area contributed by atoms with Crippen LogP contribution in [0.15, 0.2) is 0 Å². The van der Waals surface area contributed by atoms with Crippen LogP contribution in [0.1, 0.15) is 39.0 Å². The van der Waals surface area contributed by atoms with Gasteiger partial charge in [-0.05, 0) is 32.6 Å². The highest BCUT2D eigenvalue weighted by atomic mass is 16.5. The van der Waals surface area contributed by atoms with Crippen molar-refractivity contribution in [3.63, 3.8) is 0 Å². The minimum Gasteiger partial charge on any atom is -0.468 e. The number of carbonyl (C=O) groups is 2. The molecule has 0 saturated heterocycles. The number of ether oxygens (including phenoxy) is 1. The maximum absolute atomic E-state index is 11.4. The Morgan fingerprint density at radius 3 is 2.33 bits per heavy atom. The van der Waals surface area contributed by atoms with E-state index in [1.54, 1.807) is 0 Å². The van der Waals surface area contributed by atoms with Crippen molar-refractivity contribution in [1.29, 1.82) is 0 Å². The third kappa shape index (κ3) is 6.11. The van der Waals surface area contributed by atoms with Gasteiger partial charge in [-0.15, -0.1) is 24.7 Å². The van der Waals surface area contributed by atoms with Gasteiger partial charge in [-0.3, -0.25) is 9.59 Å². The number of terminal acetylenes is 2. The SMILES string of the molecule is C#CCCCC(C#C)CCC(C(C)=O)C(=O)OC. The quantitative estimate of drug-likeness (QED) is 0.286. The van der Waals surface area contributed by atoms with Crippen molar-refractivity contribution in [3.05, 3.63) is 0 Å². The highest BCUT2D eigenvalue weighted by Gasteiger charge is 2.24. The Labute approximate surface area is 109 Å². The maximum Gasteiger partial charge on any atom is 0.316 e. The largest absolute Gasteiger partial charge is 0.468 e. The summed E-state index contributed by atoms with van der Waals surface area (Å²) in [5.41, 5.74) is 0. The summed E-state index contributed by atoms with van der Waals surface area (Å²) in [6.45, 7) is 1.39. The summed E-state index contributed by atoms with van der Waals surface area (Å²) in [6.07, 6.45) is 14.1. The number of methoxy groups -OCH3 is 1. The number of hydrogen-bond acceptors (Lipinski definition) is 3. The lowest BCUT2D eigenvalue weighted by Crippen LogP contribution is -2.24. The van der Waals surface area contributed by atoms with Crippen LogP contribution in [0.25, 0.3) is 0 Å². The Morgan fingerprint density at radius 1 is 1.22 bits per heavy atom. The molecule has 0 fully saturated rings. The first-order valence-electron chi connectivity index (χ1n) is 6.04. The smallest absolute Gasteiger partial charge is 0.316 e. The Morgan fingerprint density at radius 2 is 1.89 bits per heavy atom. The molecule has 0 bridgehead atoms. The monoisotopic (exact) mass is 248 g/mol. The van der Waals surface area contributed by atoms with Gasteiger partial charge in [0, 0.05) is 12.3 Å². The molecule has 0 heterocycles. The molecule has 3 heteroatoms. The molecule has 0 rings (SSSR count). The molecular weight excluding hydrogens is 228 g/mol. The summed E-state index contributed by atoms with van der Waals surface area (Å²) >= 11 is 0. The molecule has 2 atom stereocenters. The summed E-state index contributed by atoms with van der Waals surface area (Å²) in [6, 6.07) is 0. The zero-order valence-corrected chi connectivity index (χ0v) is 11.1. The Hall–Kier alpha value is -1.74. The third-order valence-electron chi connectivity index (χ3n) is 2.89. The first kappa shape index (κ1) is 16.3. The summed E-state index contributed by atoms with van der Waals surface area (Å²) in [5, 5.41) is 0. The number of Topliss-reactive ketones (excluding diaryl/α,β-unsaturated/α-hetero) is 1. The lowest BCUT2D eigenvalue weighted by molar-refractivity contribution is -0.149. The molecule has 0 aromatic heterocycles. The topological polar surface area (TPSA) is 43.4 Å². The molecule has 0 aliphatic rings. The van der Waals surface area contributed by atoms with Gasteiger partial charge >= 0.3 is 5.97 Å². The molecule has 0 aromatic rings. The fraction of sp³-hybridized carbons (Fsp3) is 0.600. The zero-order chi connectivity index (χ0) is 14.0. The van der Waals surface area contributed by atoms with E-state index in [-0.39, 0.29) is 11.7 Å². The lowest BCUT2D eigenvalue weighted by Gasteiger charge is -2.14. The summed E-state index contributed by atoms with van der Waals surface area (Å²) in [4.78, 5) is 22.7. The number of rotatable bonds is 8. The Balaban J connectivity index is 4.24. The number of carbonyl (C=O) groups excluding carboxylic acids is 2. The van der Waals surface area contributed by atoms with Crippen LogP contribution in [0.4, 0.5) is 0 Å². The molecule has 98 valence electrons. The second-order valence-electron chi connectivity index (χ2n) is 4.22. The van der Waals surface area contributed by atoms with E-state index < -0.39 is 11.9 Å². The molecule has 0 amide bonds. The van der Waals surface area contributed by atoms with Gasteiger partial charge in [-0.2, -0.15) is 0 Å². The van der Waals surface area contributed by atoms with E-state index in [0.29, 0.717) is 19.3 Å². The normalized spacial score (nSPS) is 12.9. The summed E-state index contributed by atoms with van der Waals surface area (Å²) in [5.74, 6) is 3.94. The average molecular weight is 248 g/mol. The van der Waals surface area contributed by atoms with Crippen LogP contribution < -0.4 is 0 Å². The molecule has 0 N–H and O–H groups in total. The van der Waals surface area contributed by atoms with Crippen LogP contribution in [0.3, 0.4) is 0 Å². The van der Waals surface area contributed by atoms with Crippen molar-refractivity contribution in [2.75, 3.05) is 7.11 Å². The fourth-order valence-corrected chi connectivity index (χ4v) is 1.76. The van der Waals surface area contributed by atoms with Gasteiger partial charge in [-0.25, -0.2) is 0 Å². The number of hydrogen-bond donors (Lipinski definition) is 0. The molecule has 0 aromatic carbocycles. The van der Waals surface area contributed by atoms with Gasteiger partial charge in [0.15, 0.2) is 0 Å². The van der Waals surface area contributed by atoms with E-state index in [0.717, 1.165) is 12.8 Å². The lowest BCUT2D eigenvalue weighted by atomic mass is 9.91. The van der Waals surface area contributed by atoms with E-state index in [2.05, 4.69) is 16.6 Å². The predicted octanol–water partition coefficient (Wildman–Crippen LogP) is 2.20. The summed E-state index contributed by atoms with van der Waals surface area (Å²) < 4.78 is 4.60. The Kier molecular flexibility index (Phi) is 8.41. The third-order valence-corrected chi connectivity index (χ3v) is 2.89. The van der Waals surface area contributed by atoms with Crippen LogP contribution >= 0.6 is 0 Å². The highest BCUT2D eigenvalue weighted by Crippen LogP contribution is 2.19. The average Bonchev–Trinajstić information content (AvgIpc) is 2.36. The highest BCUT2D eigenvalue weighted by molar-refractivity contribution is 5.97. The number of esters is 1. The fourth-order valence-electron chi connectivity index (χ4n) is 1.76. The molecule has 18 heavy (non-hydrogen) atoms. The first-order valence-corrected chi connectivity index (χ1v) is 6.04. The minimum atomic E-state index is -0.696. The van der Waals surface area contributed by atoms with E-state index in [1.807, 2.05) is 0 Å². The van der Waals surface area contributed by atoms with Crippen molar-refractivity contribution in [1.82, 2.24) is 0 Å². The van der Waals surface area contributed by atoms with Gasteiger partial charge in [0.05, 0.1) is 7.11 Å². The van der Waals surface area contributed by atoms with Crippen molar-refractivity contribution in [2.45, 2.75) is 39.0 Å². The number of unbranched alkanes of at least 4 members (excludes halogenated alkanes) is 1. The van der Waals surface area contributed by atoms with Crippen molar-refractivity contribution < 1.29 is 14.3 Å². The predicted molar refractivity (Wildman–Crippen MR) is 70.4 cm³/mol. The van der Waals surface area contributed by atoms with Gasteiger partial charge in [-0.1, -0.05) is 0 Å². The maximum atomic E-state index is 11.4. The first-order chi connectivity index (χ1) is 8.56. The number of ketones is 1. The second-order valence-corrected chi connectivity index (χ2v) is 4.22. The molecular formula is C15H20O3. The molecule has 0 saturated carbocycles. The molecule has 0 aliphatic carbocycles. The van der Waals surface area contributed by atoms with Crippen molar-refractivity contribution >= 4 is 11.8 Å². The van der Waals surface area contributed by atoms with Crippen LogP contribution in [-0.2, 0) is 14.3 Å². The molecule has 2 unspecified atom stereocenters. The molecule has 0 spiro atoms. The van der Waals surface area contributed by atoms with Gasteiger partial charge in [0.25, 0.3) is 0 Å². The van der Waals surface area contributed by atoms with Gasteiger partial charge in [0.1, 0.15) is 11.7 Å².